The third-order valence-corrected chi connectivity index (χ3v) is 5.83. The van der Waals surface area contributed by atoms with Crippen molar-refractivity contribution >= 4 is 51.0 Å². The van der Waals surface area contributed by atoms with E-state index in [2.05, 4.69) is 40.4 Å². The van der Waals surface area contributed by atoms with Gasteiger partial charge in [-0.15, -0.1) is 0 Å². The van der Waals surface area contributed by atoms with Gasteiger partial charge in [0.1, 0.15) is 18.4 Å². The third kappa shape index (κ3) is 8.56. The predicted octanol–water partition coefficient (Wildman–Crippen LogP) is 2.27. The van der Waals surface area contributed by atoms with Crippen molar-refractivity contribution in [3.05, 3.63) is 28.2 Å². The lowest BCUT2D eigenvalue weighted by molar-refractivity contribution is -0.148. The van der Waals surface area contributed by atoms with Gasteiger partial charge >= 0.3 is 5.97 Å². The highest BCUT2D eigenvalue weighted by atomic mass is 79.9. The highest BCUT2D eigenvalue weighted by molar-refractivity contribution is 9.10. The van der Waals surface area contributed by atoms with Gasteiger partial charge < -0.3 is 24.4 Å². The standard InChI is InChI=1S/C22H30BrN3O6S/c1-14(2)6-9-31-18-5-4-15(12-16(18)23)20(28)25-22(33)26-8-7-24-21(29)17(26)13-19(27)32-11-10-30-3/h4-5,12,14,17H,6-11,13H2,1-3H3,(H,24,29)(H,25,28,33). The molecular formula is C22H30BrN3O6S. The van der Waals surface area contributed by atoms with Crippen molar-refractivity contribution in [1.29, 1.82) is 0 Å². The van der Waals surface area contributed by atoms with E-state index in [9.17, 15) is 14.4 Å². The van der Waals surface area contributed by atoms with Gasteiger partial charge in [-0.25, -0.2) is 0 Å². The van der Waals surface area contributed by atoms with Crippen LogP contribution in [0.2, 0.25) is 0 Å². The highest BCUT2D eigenvalue weighted by Gasteiger charge is 2.34. The molecule has 182 valence electrons. The number of hydrogen-bond acceptors (Lipinski definition) is 7. The van der Waals surface area contributed by atoms with Crippen LogP contribution in [0.15, 0.2) is 22.7 Å². The average Bonchev–Trinajstić information content (AvgIpc) is 2.76. The van der Waals surface area contributed by atoms with Gasteiger partial charge in [0.15, 0.2) is 5.11 Å². The number of nitrogens with zero attached hydrogens (tertiary/aromatic N) is 1. The summed E-state index contributed by atoms with van der Waals surface area (Å²) in [5.74, 6) is -0.156. The van der Waals surface area contributed by atoms with E-state index in [1.165, 1.54) is 12.0 Å². The summed E-state index contributed by atoms with van der Waals surface area (Å²) in [4.78, 5) is 38.7. The summed E-state index contributed by atoms with van der Waals surface area (Å²) in [7, 11) is 1.50. The maximum Gasteiger partial charge on any atom is 0.308 e. The fraction of sp³-hybridized carbons (Fsp3) is 0.545. The number of hydrogen-bond donors (Lipinski definition) is 2. The zero-order valence-corrected chi connectivity index (χ0v) is 21.4. The van der Waals surface area contributed by atoms with E-state index in [1.54, 1.807) is 18.2 Å². The number of benzene rings is 1. The number of esters is 1. The zero-order chi connectivity index (χ0) is 24.4. The van der Waals surface area contributed by atoms with E-state index >= 15 is 0 Å². The Balaban J connectivity index is 1.99. The normalized spacial score (nSPS) is 15.7. The van der Waals surface area contributed by atoms with E-state index < -0.39 is 17.9 Å². The van der Waals surface area contributed by atoms with Crippen molar-refractivity contribution in [3.8, 4) is 5.75 Å². The van der Waals surface area contributed by atoms with Crippen LogP contribution in [0.3, 0.4) is 0 Å². The summed E-state index contributed by atoms with van der Waals surface area (Å²) < 4.78 is 16.3. The Morgan fingerprint density at radius 1 is 1.30 bits per heavy atom. The SMILES string of the molecule is COCCOC(=O)CC1C(=O)NCCN1C(=S)NC(=O)c1ccc(OCCC(C)C)c(Br)c1. The Hall–Kier alpha value is -2.24. The Kier molecular flexibility index (Phi) is 11.0. The van der Waals surface area contributed by atoms with E-state index in [0.29, 0.717) is 41.4 Å². The van der Waals surface area contributed by atoms with Gasteiger partial charge in [-0.3, -0.25) is 19.7 Å². The molecule has 1 aromatic rings. The molecule has 11 heteroatoms. The first-order chi connectivity index (χ1) is 15.7. The number of carbonyl (C=O) groups is 3. The molecule has 1 aliphatic rings. The lowest BCUT2D eigenvalue weighted by Gasteiger charge is -2.36. The number of carbonyl (C=O) groups excluding carboxylic acids is 3. The average molecular weight is 544 g/mol. The minimum Gasteiger partial charge on any atom is -0.492 e. The number of piperazine rings is 1. The van der Waals surface area contributed by atoms with Crippen LogP contribution in [0.4, 0.5) is 0 Å². The second-order valence-electron chi connectivity index (χ2n) is 7.85. The van der Waals surface area contributed by atoms with E-state index in [4.69, 9.17) is 26.4 Å². The fourth-order valence-corrected chi connectivity index (χ4v) is 3.83. The molecule has 1 heterocycles. The summed E-state index contributed by atoms with van der Waals surface area (Å²) in [5, 5.41) is 5.43. The molecule has 1 atom stereocenters. The topological polar surface area (TPSA) is 106 Å². The number of amides is 2. The van der Waals surface area contributed by atoms with Gasteiger partial charge in [0.25, 0.3) is 5.91 Å². The van der Waals surface area contributed by atoms with Crippen molar-refractivity contribution in [1.82, 2.24) is 15.5 Å². The molecule has 9 nitrogen and oxygen atoms in total. The second-order valence-corrected chi connectivity index (χ2v) is 9.09. The molecule has 1 aromatic carbocycles. The van der Waals surface area contributed by atoms with E-state index in [1.807, 2.05) is 0 Å². The molecule has 2 rings (SSSR count). The minimum absolute atomic E-state index is 0.0675. The van der Waals surface area contributed by atoms with Gasteiger partial charge in [-0.05, 0) is 58.7 Å². The molecule has 0 saturated carbocycles. The summed E-state index contributed by atoms with van der Waals surface area (Å²) in [6.45, 7) is 5.88. The molecular weight excluding hydrogens is 514 g/mol. The van der Waals surface area contributed by atoms with Crippen molar-refractivity contribution in [3.63, 3.8) is 0 Å². The fourth-order valence-electron chi connectivity index (χ4n) is 3.02. The smallest absolute Gasteiger partial charge is 0.308 e. The molecule has 0 aromatic heterocycles. The lowest BCUT2D eigenvalue weighted by atomic mass is 10.1. The van der Waals surface area contributed by atoms with Crippen LogP contribution < -0.4 is 15.4 Å². The number of ether oxygens (including phenoxy) is 3. The molecule has 1 aliphatic heterocycles. The lowest BCUT2D eigenvalue weighted by Crippen LogP contribution is -2.60. The van der Waals surface area contributed by atoms with Gasteiger partial charge in [0, 0.05) is 25.8 Å². The quantitative estimate of drug-likeness (QED) is 0.263. The van der Waals surface area contributed by atoms with Crippen molar-refractivity contribution < 1.29 is 28.6 Å². The number of halogens is 1. The molecule has 0 aliphatic carbocycles. The first-order valence-electron chi connectivity index (χ1n) is 10.7. The van der Waals surface area contributed by atoms with Crippen molar-refractivity contribution in [2.24, 2.45) is 5.92 Å². The zero-order valence-electron chi connectivity index (χ0n) is 19.0. The van der Waals surface area contributed by atoms with Gasteiger partial charge in [0.05, 0.1) is 24.1 Å². The Morgan fingerprint density at radius 3 is 2.73 bits per heavy atom. The molecule has 0 spiro atoms. The predicted molar refractivity (Wildman–Crippen MR) is 130 cm³/mol. The van der Waals surface area contributed by atoms with Crippen molar-refractivity contribution in [2.45, 2.75) is 32.7 Å². The van der Waals surface area contributed by atoms with Crippen LogP contribution in [0.25, 0.3) is 0 Å². The van der Waals surface area contributed by atoms with Crippen molar-refractivity contribution in [2.75, 3.05) is 40.0 Å². The summed E-state index contributed by atoms with van der Waals surface area (Å²) >= 11 is 8.82. The van der Waals surface area contributed by atoms with Crippen LogP contribution in [0.1, 0.15) is 37.0 Å². The maximum atomic E-state index is 12.8. The number of methoxy groups -OCH3 is 1. The Bertz CT molecular complexity index is 867. The van der Waals surface area contributed by atoms with Gasteiger partial charge in [-0.1, -0.05) is 13.8 Å². The maximum absolute atomic E-state index is 12.8. The first kappa shape index (κ1) is 27.0. The molecule has 33 heavy (non-hydrogen) atoms. The molecule has 1 fully saturated rings. The first-order valence-corrected chi connectivity index (χ1v) is 11.9. The third-order valence-electron chi connectivity index (χ3n) is 4.87. The molecule has 0 radical (unpaired) electrons. The monoisotopic (exact) mass is 543 g/mol. The molecule has 1 unspecified atom stereocenters. The van der Waals surface area contributed by atoms with Gasteiger partial charge in [0.2, 0.25) is 5.91 Å². The Morgan fingerprint density at radius 2 is 2.06 bits per heavy atom. The number of rotatable bonds is 10. The Labute approximate surface area is 207 Å². The van der Waals surface area contributed by atoms with Crippen LogP contribution in [-0.4, -0.2) is 73.9 Å². The highest BCUT2D eigenvalue weighted by Crippen LogP contribution is 2.26. The summed E-state index contributed by atoms with van der Waals surface area (Å²) in [5.41, 5.74) is 0.373. The molecule has 2 amide bonds. The van der Waals surface area contributed by atoms with Gasteiger partial charge in [-0.2, -0.15) is 0 Å². The van der Waals surface area contributed by atoms with E-state index in [-0.39, 0.29) is 30.7 Å². The van der Waals surface area contributed by atoms with Crippen LogP contribution >= 0.6 is 28.1 Å². The van der Waals surface area contributed by atoms with Crippen LogP contribution in [0, 0.1) is 5.92 Å². The largest absolute Gasteiger partial charge is 0.492 e. The van der Waals surface area contributed by atoms with Crippen LogP contribution in [-0.2, 0) is 19.1 Å². The van der Waals surface area contributed by atoms with E-state index in [0.717, 1.165) is 6.42 Å². The molecule has 1 saturated heterocycles. The minimum atomic E-state index is -0.870. The summed E-state index contributed by atoms with van der Waals surface area (Å²) in [6, 6.07) is 4.14. The van der Waals surface area contributed by atoms with Crippen LogP contribution in [0.5, 0.6) is 5.75 Å². The number of nitrogens with one attached hydrogen (secondary N) is 2. The summed E-state index contributed by atoms with van der Waals surface area (Å²) in [6.07, 6.45) is 0.729. The number of thiocarbonyl (C=S) groups is 1. The second kappa shape index (κ2) is 13.5. The molecule has 0 bridgehead atoms. The molecule has 2 N–H and O–H groups in total.